The molecule has 2 rings (SSSR count). The van der Waals surface area contributed by atoms with Gasteiger partial charge in [0.15, 0.2) is 0 Å². The molecule has 0 unspecified atom stereocenters. The molecule has 0 spiro atoms. The molecule has 0 saturated heterocycles. The van der Waals surface area contributed by atoms with Gasteiger partial charge in [0.25, 0.3) is 0 Å². The molecule has 0 fully saturated rings. The lowest BCUT2D eigenvalue weighted by Gasteiger charge is -2.10. The van der Waals surface area contributed by atoms with E-state index < -0.39 is 0 Å². The van der Waals surface area contributed by atoms with Gasteiger partial charge in [0.1, 0.15) is 0 Å². The van der Waals surface area contributed by atoms with Crippen molar-refractivity contribution >= 4 is 16.7 Å². The van der Waals surface area contributed by atoms with E-state index in [1.54, 1.807) is 7.05 Å². The number of rotatable bonds is 3. The second kappa shape index (κ2) is 5.00. The van der Waals surface area contributed by atoms with E-state index in [0.29, 0.717) is 0 Å². The molecule has 1 N–H and O–H groups in total. The van der Waals surface area contributed by atoms with Crippen molar-refractivity contribution in [3.05, 3.63) is 48.0 Å². The quantitative estimate of drug-likeness (QED) is 0.858. The number of fused-ring (bicyclic) bond motifs is 1. The zero-order valence-electron chi connectivity index (χ0n) is 10.2. The van der Waals surface area contributed by atoms with Crippen LogP contribution >= 0.6 is 0 Å². The molecule has 0 heterocycles. The molecule has 0 aliphatic heterocycles. The first-order valence-corrected chi connectivity index (χ1v) is 5.90. The first kappa shape index (κ1) is 11.6. The van der Waals surface area contributed by atoms with E-state index in [0.717, 1.165) is 6.42 Å². The maximum absolute atomic E-state index is 11.5. The molecule has 2 heteroatoms. The van der Waals surface area contributed by atoms with Crippen LogP contribution in [0.3, 0.4) is 0 Å². The summed E-state index contributed by atoms with van der Waals surface area (Å²) in [7, 11) is 1.68. The lowest BCUT2D eigenvalue weighted by atomic mass is 9.98. The largest absolute Gasteiger partial charge is 0.359 e. The lowest BCUT2D eigenvalue weighted by molar-refractivity contribution is -0.123. The third-order valence-electron chi connectivity index (χ3n) is 3.05. The second-order valence-corrected chi connectivity index (χ2v) is 4.40. The number of carbonyl (C=O) groups excluding carboxylic acids is 1. The fourth-order valence-electron chi connectivity index (χ4n) is 2.06. The van der Waals surface area contributed by atoms with E-state index >= 15 is 0 Å². The summed E-state index contributed by atoms with van der Waals surface area (Å²) in [6.07, 6.45) is 0.782. The first-order valence-electron chi connectivity index (χ1n) is 5.90. The Hall–Kier alpha value is -1.83. The maximum atomic E-state index is 11.5. The SMILES string of the molecule is CNC(=O)[C@H](C)Cc1ccc2ccccc2c1. The van der Waals surface area contributed by atoms with E-state index in [1.807, 2.05) is 19.1 Å². The third-order valence-corrected chi connectivity index (χ3v) is 3.05. The number of carbonyl (C=O) groups is 1. The molecule has 0 aliphatic carbocycles. The average molecular weight is 227 g/mol. The average Bonchev–Trinajstić information content (AvgIpc) is 2.37. The van der Waals surface area contributed by atoms with Crippen LogP contribution in [0.15, 0.2) is 42.5 Å². The molecule has 0 aliphatic rings. The van der Waals surface area contributed by atoms with Crippen molar-refractivity contribution in [3.8, 4) is 0 Å². The van der Waals surface area contributed by atoms with Gasteiger partial charge in [-0.15, -0.1) is 0 Å². The molecule has 0 saturated carbocycles. The van der Waals surface area contributed by atoms with Gasteiger partial charge in [-0.2, -0.15) is 0 Å². The summed E-state index contributed by atoms with van der Waals surface area (Å²) >= 11 is 0. The van der Waals surface area contributed by atoms with Gasteiger partial charge >= 0.3 is 0 Å². The Morgan fingerprint density at radius 2 is 1.88 bits per heavy atom. The van der Waals surface area contributed by atoms with Crippen molar-refractivity contribution in [2.75, 3.05) is 7.05 Å². The fraction of sp³-hybridized carbons (Fsp3) is 0.267. The van der Waals surface area contributed by atoms with E-state index in [2.05, 4.69) is 35.6 Å². The molecule has 88 valence electrons. The summed E-state index contributed by atoms with van der Waals surface area (Å²) < 4.78 is 0. The van der Waals surface area contributed by atoms with E-state index in [-0.39, 0.29) is 11.8 Å². The third kappa shape index (κ3) is 2.64. The van der Waals surface area contributed by atoms with Gasteiger partial charge in [0.05, 0.1) is 0 Å². The van der Waals surface area contributed by atoms with Crippen LogP contribution in [0.2, 0.25) is 0 Å². The Labute approximate surface area is 102 Å². The molecular weight excluding hydrogens is 210 g/mol. The standard InChI is InChI=1S/C15H17NO/c1-11(15(17)16-2)9-12-7-8-13-5-3-4-6-14(13)10-12/h3-8,10-11H,9H2,1-2H3,(H,16,17)/t11-/m1/s1. The minimum atomic E-state index is 0.0150. The van der Waals surface area contributed by atoms with Crippen molar-refractivity contribution in [2.24, 2.45) is 5.92 Å². The number of amides is 1. The number of benzene rings is 2. The molecule has 1 atom stereocenters. The smallest absolute Gasteiger partial charge is 0.222 e. The van der Waals surface area contributed by atoms with Gasteiger partial charge < -0.3 is 5.32 Å². The molecule has 2 nitrogen and oxygen atoms in total. The molecular formula is C15H17NO. The maximum Gasteiger partial charge on any atom is 0.222 e. The van der Waals surface area contributed by atoms with E-state index in [4.69, 9.17) is 0 Å². The predicted molar refractivity (Wildman–Crippen MR) is 70.9 cm³/mol. The van der Waals surface area contributed by atoms with Crippen LogP contribution in [0, 0.1) is 5.92 Å². The summed E-state index contributed by atoms with van der Waals surface area (Å²) in [4.78, 5) is 11.5. The van der Waals surface area contributed by atoms with E-state index in [1.165, 1.54) is 16.3 Å². The van der Waals surface area contributed by atoms with Crippen LogP contribution < -0.4 is 5.32 Å². The monoisotopic (exact) mass is 227 g/mol. The molecule has 17 heavy (non-hydrogen) atoms. The van der Waals surface area contributed by atoms with Crippen molar-refractivity contribution < 1.29 is 4.79 Å². The summed E-state index contributed by atoms with van der Waals surface area (Å²) in [5.41, 5.74) is 1.21. The summed E-state index contributed by atoms with van der Waals surface area (Å²) in [5.74, 6) is 0.110. The Balaban J connectivity index is 2.22. The Bertz CT molecular complexity index is 533. The highest BCUT2D eigenvalue weighted by Gasteiger charge is 2.11. The van der Waals surface area contributed by atoms with Gasteiger partial charge in [-0.1, -0.05) is 49.4 Å². The fourth-order valence-corrected chi connectivity index (χ4v) is 2.06. The van der Waals surface area contributed by atoms with Crippen molar-refractivity contribution in [1.82, 2.24) is 5.32 Å². The molecule has 0 radical (unpaired) electrons. The van der Waals surface area contributed by atoms with Gasteiger partial charge in [-0.05, 0) is 22.8 Å². The minimum absolute atomic E-state index is 0.0150. The Morgan fingerprint density at radius 3 is 2.59 bits per heavy atom. The minimum Gasteiger partial charge on any atom is -0.359 e. The van der Waals surface area contributed by atoms with Crippen LogP contribution in [0.5, 0.6) is 0 Å². The molecule has 1 amide bonds. The van der Waals surface area contributed by atoms with Crippen LogP contribution in [0.1, 0.15) is 12.5 Å². The highest BCUT2D eigenvalue weighted by atomic mass is 16.1. The van der Waals surface area contributed by atoms with Gasteiger partial charge in [0, 0.05) is 13.0 Å². The number of hydrogen-bond acceptors (Lipinski definition) is 1. The Kier molecular flexibility index (Phi) is 3.43. The number of hydrogen-bond donors (Lipinski definition) is 1. The first-order chi connectivity index (χ1) is 8.20. The van der Waals surface area contributed by atoms with Gasteiger partial charge in [-0.3, -0.25) is 4.79 Å². The number of nitrogens with one attached hydrogen (secondary N) is 1. The van der Waals surface area contributed by atoms with Crippen molar-refractivity contribution in [2.45, 2.75) is 13.3 Å². The summed E-state index contributed by atoms with van der Waals surface area (Å²) in [6.45, 7) is 1.95. The van der Waals surface area contributed by atoms with Gasteiger partial charge in [-0.25, -0.2) is 0 Å². The molecule has 0 aromatic heterocycles. The highest BCUT2D eigenvalue weighted by molar-refractivity contribution is 5.83. The van der Waals surface area contributed by atoms with Crippen molar-refractivity contribution in [1.29, 1.82) is 0 Å². The summed E-state index contributed by atoms with van der Waals surface area (Å²) in [6, 6.07) is 14.6. The Morgan fingerprint density at radius 1 is 1.18 bits per heavy atom. The normalized spacial score (nSPS) is 12.4. The van der Waals surface area contributed by atoms with E-state index in [9.17, 15) is 4.79 Å². The van der Waals surface area contributed by atoms with Gasteiger partial charge in [0.2, 0.25) is 5.91 Å². The van der Waals surface area contributed by atoms with Crippen LogP contribution in [0.25, 0.3) is 10.8 Å². The highest BCUT2D eigenvalue weighted by Crippen LogP contribution is 2.17. The zero-order valence-corrected chi connectivity index (χ0v) is 10.2. The lowest BCUT2D eigenvalue weighted by Crippen LogP contribution is -2.26. The van der Waals surface area contributed by atoms with Crippen LogP contribution in [-0.4, -0.2) is 13.0 Å². The second-order valence-electron chi connectivity index (χ2n) is 4.40. The van der Waals surface area contributed by atoms with Crippen LogP contribution in [-0.2, 0) is 11.2 Å². The van der Waals surface area contributed by atoms with Crippen LogP contribution in [0.4, 0.5) is 0 Å². The van der Waals surface area contributed by atoms with Crippen molar-refractivity contribution in [3.63, 3.8) is 0 Å². The summed E-state index contributed by atoms with van der Waals surface area (Å²) in [5, 5.41) is 5.15. The topological polar surface area (TPSA) is 29.1 Å². The molecule has 2 aromatic carbocycles. The predicted octanol–water partition coefficient (Wildman–Crippen LogP) is 2.76. The zero-order chi connectivity index (χ0) is 12.3. The molecule has 2 aromatic rings. The molecule has 0 bridgehead atoms.